The molecule has 0 aliphatic carbocycles. The molecule has 0 radical (unpaired) electrons. The molecule has 37 heavy (non-hydrogen) atoms. The highest BCUT2D eigenvalue weighted by Crippen LogP contribution is 2.35. The molecule has 3 heterocycles. The smallest absolute Gasteiger partial charge is 0.227 e. The summed E-state index contributed by atoms with van der Waals surface area (Å²) in [7, 11) is 0. The number of rotatable bonds is 6. The van der Waals surface area contributed by atoms with Crippen molar-refractivity contribution in [3.63, 3.8) is 0 Å². The summed E-state index contributed by atoms with van der Waals surface area (Å²) in [5, 5.41) is 21.7. The summed E-state index contributed by atoms with van der Waals surface area (Å²) in [6.45, 7) is 0. The first-order valence-electron chi connectivity index (χ1n) is 11.5. The predicted molar refractivity (Wildman–Crippen MR) is 146 cm³/mol. The van der Waals surface area contributed by atoms with Crippen LogP contribution in [0.2, 0.25) is 5.02 Å². The van der Waals surface area contributed by atoms with E-state index < -0.39 is 0 Å². The molecule has 6 rings (SSSR count). The lowest BCUT2D eigenvalue weighted by Gasteiger charge is -2.12. The molecule has 0 aliphatic heterocycles. The number of benzene rings is 3. The molecule has 6 aromatic rings. The van der Waals surface area contributed by atoms with Gasteiger partial charge in [0.05, 0.1) is 6.20 Å². The Morgan fingerprint density at radius 1 is 0.811 bits per heavy atom. The topological polar surface area (TPSA) is 115 Å². The first kappa shape index (κ1) is 22.5. The van der Waals surface area contributed by atoms with Crippen molar-refractivity contribution >= 4 is 39.7 Å². The van der Waals surface area contributed by atoms with Gasteiger partial charge >= 0.3 is 0 Å². The van der Waals surface area contributed by atoms with Crippen molar-refractivity contribution in [1.82, 2.24) is 25.4 Å². The Balaban J connectivity index is 1.26. The number of hydrogen-bond acceptors (Lipinski definition) is 7. The number of aromatic amines is 1. The number of fused-ring (bicyclic) bond motifs is 1. The Labute approximate surface area is 217 Å². The lowest BCUT2D eigenvalue weighted by Crippen LogP contribution is -1.99. The Morgan fingerprint density at radius 2 is 1.59 bits per heavy atom. The molecule has 4 N–H and O–H groups in total. The van der Waals surface area contributed by atoms with Crippen LogP contribution in [0, 0.1) is 0 Å². The number of nitrogens with one attached hydrogen (secondary N) is 2. The van der Waals surface area contributed by atoms with Crippen molar-refractivity contribution in [2.24, 2.45) is 0 Å². The van der Waals surface area contributed by atoms with Crippen LogP contribution in [0.5, 0.6) is 11.6 Å². The summed E-state index contributed by atoms with van der Waals surface area (Å²) in [4.78, 5) is 4.37. The number of H-pyrrole nitrogens is 1. The van der Waals surface area contributed by atoms with Gasteiger partial charge in [-0.15, -0.1) is 10.2 Å². The first-order valence-corrected chi connectivity index (χ1v) is 11.8. The zero-order valence-electron chi connectivity index (χ0n) is 19.4. The predicted octanol–water partition coefficient (Wildman–Crippen LogP) is 6.85. The third kappa shape index (κ3) is 4.53. The van der Waals surface area contributed by atoms with E-state index in [4.69, 9.17) is 22.1 Å². The summed E-state index contributed by atoms with van der Waals surface area (Å²) in [6, 6.07) is 26.9. The van der Waals surface area contributed by atoms with Crippen molar-refractivity contribution in [2.45, 2.75) is 0 Å². The molecule has 0 saturated carbocycles. The SMILES string of the molecule is Nc1[nH]ncc1-c1cccnc1Oc1ccc(Nc2nnc(-c3ccc(Cl)cc3)c3ccccc23)cc1. The standard InChI is InChI=1S/C28H20ClN7O/c29-18-9-7-17(8-10-18)25-21-4-1-2-5-22(21)27(36-34-25)33-19-11-13-20(14-12-19)37-28-23(6-3-15-31-28)24-16-32-35-26(24)30/h1-16H,(H,33,36)(H3,30,32,35). The van der Waals surface area contributed by atoms with E-state index in [1.165, 1.54) is 0 Å². The second-order valence-electron chi connectivity index (χ2n) is 8.25. The van der Waals surface area contributed by atoms with Crippen molar-refractivity contribution in [2.75, 3.05) is 11.1 Å². The van der Waals surface area contributed by atoms with Gasteiger partial charge in [0.1, 0.15) is 17.3 Å². The average molecular weight is 506 g/mol. The zero-order valence-corrected chi connectivity index (χ0v) is 20.1. The number of nitrogens with zero attached hydrogens (tertiary/aromatic N) is 4. The first-order chi connectivity index (χ1) is 18.2. The molecular formula is C28H20ClN7O. The van der Waals surface area contributed by atoms with Crippen molar-refractivity contribution in [1.29, 1.82) is 0 Å². The summed E-state index contributed by atoms with van der Waals surface area (Å²) < 4.78 is 6.06. The van der Waals surface area contributed by atoms with E-state index in [1.807, 2.05) is 84.9 Å². The summed E-state index contributed by atoms with van der Waals surface area (Å²) >= 11 is 6.06. The van der Waals surface area contributed by atoms with E-state index in [9.17, 15) is 0 Å². The number of ether oxygens (including phenoxy) is 1. The Hall–Kier alpha value is -4.95. The lowest BCUT2D eigenvalue weighted by atomic mass is 10.0. The number of pyridine rings is 1. The molecule has 0 unspecified atom stereocenters. The fourth-order valence-electron chi connectivity index (χ4n) is 4.06. The van der Waals surface area contributed by atoms with E-state index >= 15 is 0 Å². The van der Waals surface area contributed by atoms with Crippen molar-refractivity contribution in [3.05, 3.63) is 102 Å². The van der Waals surface area contributed by atoms with Gasteiger partial charge < -0.3 is 15.8 Å². The average Bonchev–Trinajstić information content (AvgIpc) is 3.36. The molecule has 3 aromatic heterocycles. The Kier molecular flexibility index (Phi) is 5.84. The minimum atomic E-state index is 0.436. The minimum absolute atomic E-state index is 0.436. The maximum absolute atomic E-state index is 6.06. The molecule has 0 amide bonds. The molecule has 180 valence electrons. The van der Waals surface area contributed by atoms with Crippen LogP contribution in [-0.4, -0.2) is 25.4 Å². The Morgan fingerprint density at radius 3 is 2.35 bits per heavy atom. The number of nitrogen functional groups attached to an aromatic ring is 1. The van der Waals surface area contributed by atoms with Crippen LogP contribution in [0.15, 0.2) is 97.3 Å². The lowest BCUT2D eigenvalue weighted by molar-refractivity contribution is 0.465. The maximum atomic E-state index is 6.06. The largest absolute Gasteiger partial charge is 0.438 e. The second kappa shape index (κ2) is 9.60. The summed E-state index contributed by atoms with van der Waals surface area (Å²) in [6.07, 6.45) is 3.32. The second-order valence-corrected chi connectivity index (χ2v) is 8.69. The third-order valence-corrected chi connectivity index (χ3v) is 6.12. The van der Waals surface area contributed by atoms with Gasteiger partial charge in [0.15, 0.2) is 5.82 Å². The van der Waals surface area contributed by atoms with Gasteiger partial charge in [0, 0.05) is 44.4 Å². The number of aromatic nitrogens is 5. The molecule has 0 atom stereocenters. The quantitative estimate of drug-likeness (QED) is 0.226. The van der Waals surface area contributed by atoms with E-state index in [1.54, 1.807) is 12.4 Å². The van der Waals surface area contributed by atoms with Crippen molar-refractivity contribution in [3.8, 4) is 34.0 Å². The highest BCUT2D eigenvalue weighted by Gasteiger charge is 2.14. The fourth-order valence-corrected chi connectivity index (χ4v) is 4.19. The zero-order chi connectivity index (χ0) is 25.2. The third-order valence-electron chi connectivity index (χ3n) is 5.87. The highest BCUT2D eigenvalue weighted by atomic mass is 35.5. The molecule has 0 fully saturated rings. The monoisotopic (exact) mass is 505 g/mol. The van der Waals surface area contributed by atoms with Crippen LogP contribution in [0.3, 0.4) is 0 Å². The van der Waals surface area contributed by atoms with Gasteiger partial charge in [-0.2, -0.15) is 5.10 Å². The summed E-state index contributed by atoms with van der Waals surface area (Å²) in [5.74, 6) is 2.17. The van der Waals surface area contributed by atoms with Gasteiger partial charge in [0.25, 0.3) is 0 Å². The van der Waals surface area contributed by atoms with E-state index in [2.05, 4.69) is 30.7 Å². The van der Waals surface area contributed by atoms with Crippen LogP contribution in [0.1, 0.15) is 0 Å². The van der Waals surface area contributed by atoms with Gasteiger partial charge in [-0.25, -0.2) is 4.98 Å². The van der Waals surface area contributed by atoms with Crippen LogP contribution in [0.4, 0.5) is 17.3 Å². The molecule has 3 aromatic carbocycles. The molecule has 0 bridgehead atoms. The van der Waals surface area contributed by atoms with E-state index in [0.717, 1.165) is 38.8 Å². The maximum Gasteiger partial charge on any atom is 0.227 e. The minimum Gasteiger partial charge on any atom is -0.438 e. The van der Waals surface area contributed by atoms with E-state index in [-0.39, 0.29) is 0 Å². The number of anilines is 3. The van der Waals surface area contributed by atoms with Gasteiger partial charge in [-0.3, -0.25) is 5.10 Å². The number of hydrogen-bond donors (Lipinski definition) is 3. The van der Waals surface area contributed by atoms with E-state index in [0.29, 0.717) is 28.3 Å². The fraction of sp³-hybridized carbons (Fsp3) is 0. The molecular weight excluding hydrogens is 486 g/mol. The Bertz CT molecular complexity index is 1700. The van der Waals surface area contributed by atoms with Crippen molar-refractivity contribution < 1.29 is 4.74 Å². The summed E-state index contributed by atoms with van der Waals surface area (Å²) in [5.41, 5.74) is 10.1. The molecule has 0 aliphatic rings. The normalized spacial score (nSPS) is 10.9. The molecule has 8 nitrogen and oxygen atoms in total. The molecule has 9 heteroatoms. The van der Waals surface area contributed by atoms with Crippen LogP contribution < -0.4 is 15.8 Å². The van der Waals surface area contributed by atoms with Crippen LogP contribution >= 0.6 is 11.6 Å². The highest BCUT2D eigenvalue weighted by molar-refractivity contribution is 6.30. The van der Waals surface area contributed by atoms with Crippen LogP contribution in [0.25, 0.3) is 33.2 Å². The van der Waals surface area contributed by atoms with Gasteiger partial charge in [-0.1, -0.05) is 48.0 Å². The number of halogens is 1. The van der Waals surface area contributed by atoms with Crippen LogP contribution in [-0.2, 0) is 0 Å². The van der Waals surface area contributed by atoms with Gasteiger partial charge in [-0.05, 0) is 48.5 Å². The number of nitrogens with two attached hydrogens (primary N) is 1. The van der Waals surface area contributed by atoms with Gasteiger partial charge in [0.2, 0.25) is 5.88 Å². The molecule has 0 spiro atoms. The molecule has 0 saturated heterocycles.